The zero-order valence-corrected chi connectivity index (χ0v) is 11.1. The summed E-state index contributed by atoms with van der Waals surface area (Å²) in [6.45, 7) is -1.38. The van der Waals surface area contributed by atoms with E-state index in [-0.39, 0.29) is 20.3 Å². The molecule has 1 aromatic rings. The number of aliphatic hydroxyl groups is 1. The molecule has 0 unspecified atom stereocenters. The minimum Gasteiger partial charge on any atom is -0.506 e. The molecule has 0 saturated carbocycles. The molecule has 4 N–H and O–H groups in total. The van der Waals surface area contributed by atoms with Gasteiger partial charge in [0.2, 0.25) is 0 Å². The second-order valence-corrected chi connectivity index (χ2v) is 4.90. The molecule has 0 saturated heterocycles. The van der Waals surface area contributed by atoms with Gasteiger partial charge in [-0.05, 0) is 28.1 Å². The number of benzene rings is 1. The van der Waals surface area contributed by atoms with Crippen molar-refractivity contribution >= 4 is 31.9 Å². The van der Waals surface area contributed by atoms with E-state index in [2.05, 4.69) is 31.9 Å². The number of hydrogen-bond donors (Lipinski definition) is 3. The van der Waals surface area contributed by atoms with Crippen LogP contribution in [0.5, 0.6) is 5.75 Å². The number of alkyl halides is 2. The van der Waals surface area contributed by atoms with Crippen molar-refractivity contribution in [3.63, 3.8) is 0 Å². The molecule has 1 aromatic carbocycles. The summed E-state index contributed by atoms with van der Waals surface area (Å²) in [5.41, 5.74) is 5.19. The normalized spacial score (nSPS) is 13.9. The molecule has 7 heteroatoms. The number of aromatic hydroxyl groups is 1. The largest absolute Gasteiger partial charge is 0.506 e. The zero-order valence-electron chi connectivity index (χ0n) is 7.92. The van der Waals surface area contributed by atoms with Crippen molar-refractivity contribution in [2.75, 3.05) is 6.61 Å². The van der Waals surface area contributed by atoms with Gasteiger partial charge in [0.15, 0.2) is 0 Å². The topological polar surface area (TPSA) is 66.5 Å². The van der Waals surface area contributed by atoms with E-state index in [1.165, 1.54) is 12.1 Å². The van der Waals surface area contributed by atoms with Gasteiger partial charge in [0, 0.05) is 10.0 Å². The van der Waals surface area contributed by atoms with Crippen LogP contribution in [-0.4, -0.2) is 22.7 Å². The molecule has 0 aliphatic carbocycles. The first-order valence-electron chi connectivity index (χ1n) is 4.22. The Labute approximate surface area is 108 Å². The van der Waals surface area contributed by atoms with Gasteiger partial charge in [-0.1, -0.05) is 15.9 Å². The molecule has 0 amide bonds. The molecule has 0 spiro atoms. The smallest absolute Gasteiger partial charge is 0.289 e. The summed E-state index contributed by atoms with van der Waals surface area (Å²) in [6, 6.07) is 1.18. The first-order valence-corrected chi connectivity index (χ1v) is 5.81. The van der Waals surface area contributed by atoms with E-state index < -0.39 is 18.6 Å². The molecule has 0 bridgehead atoms. The van der Waals surface area contributed by atoms with Crippen LogP contribution in [0.4, 0.5) is 8.78 Å². The lowest BCUT2D eigenvalue weighted by Crippen LogP contribution is -2.36. The van der Waals surface area contributed by atoms with Crippen LogP contribution in [0.1, 0.15) is 11.6 Å². The van der Waals surface area contributed by atoms with E-state index in [0.717, 1.165) is 0 Å². The van der Waals surface area contributed by atoms with Gasteiger partial charge in [0.1, 0.15) is 18.4 Å². The van der Waals surface area contributed by atoms with Crippen LogP contribution in [-0.2, 0) is 0 Å². The Hall–Kier alpha value is -0.240. The number of phenolic OH excluding ortho intramolecular Hbond substituents is 1. The minimum absolute atomic E-state index is 0.145. The summed E-state index contributed by atoms with van der Waals surface area (Å²) in [4.78, 5) is 0. The van der Waals surface area contributed by atoms with Crippen LogP contribution in [0.25, 0.3) is 0 Å². The summed E-state index contributed by atoms with van der Waals surface area (Å²) in [5, 5.41) is 18.2. The molecule has 1 atom stereocenters. The highest BCUT2D eigenvalue weighted by Crippen LogP contribution is 2.41. The minimum atomic E-state index is -3.50. The summed E-state index contributed by atoms with van der Waals surface area (Å²) >= 11 is 6.03. The number of halogens is 4. The molecule has 0 heterocycles. The molecule has 0 aromatic heterocycles. The van der Waals surface area contributed by atoms with Crippen molar-refractivity contribution in [1.82, 2.24) is 0 Å². The van der Waals surface area contributed by atoms with Crippen molar-refractivity contribution in [2.24, 2.45) is 5.73 Å². The van der Waals surface area contributed by atoms with Crippen LogP contribution in [0.2, 0.25) is 0 Å². The van der Waals surface area contributed by atoms with Gasteiger partial charge in [-0.3, -0.25) is 0 Å². The van der Waals surface area contributed by atoms with Crippen molar-refractivity contribution in [2.45, 2.75) is 12.0 Å². The molecule has 0 fully saturated rings. The summed E-state index contributed by atoms with van der Waals surface area (Å²) in [5.74, 6) is -3.86. The number of phenols is 1. The van der Waals surface area contributed by atoms with Gasteiger partial charge in [0.25, 0.3) is 5.92 Å². The van der Waals surface area contributed by atoms with Crippen LogP contribution in [0.3, 0.4) is 0 Å². The van der Waals surface area contributed by atoms with Crippen LogP contribution in [0.15, 0.2) is 21.1 Å². The van der Waals surface area contributed by atoms with E-state index >= 15 is 0 Å². The summed E-state index contributed by atoms with van der Waals surface area (Å²) < 4.78 is 26.9. The Morgan fingerprint density at radius 2 is 1.81 bits per heavy atom. The lowest BCUT2D eigenvalue weighted by molar-refractivity contribution is -0.0717. The molecule has 16 heavy (non-hydrogen) atoms. The molecular weight excluding hydrogens is 352 g/mol. The van der Waals surface area contributed by atoms with Crippen LogP contribution >= 0.6 is 31.9 Å². The predicted octanol–water partition coefficient (Wildman–Crippen LogP) is 2.54. The fraction of sp³-hybridized carbons (Fsp3) is 0.333. The number of nitrogens with two attached hydrogens (primary N) is 1. The third-order valence-electron chi connectivity index (χ3n) is 2.09. The number of aliphatic hydroxyl groups excluding tert-OH is 1. The van der Waals surface area contributed by atoms with Gasteiger partial charge in [-0.25, -0.2) is 8.78 Å². The zero-order chi connectivity index (χ0) is 12.5. The summed E-state index contributed by atoms with van der Waals surface area (Å²) in [7, 11) is 0. The first kappa shape index (κ1) is 13.8. The first-order chi connectivity index (χ1) is 7.31. The average Bonchev–Trinajstić information content (AvgIpc) is 2.24. The summed E-state index contributed by atoms with van der Waals surface area (Å²) in [6.07, 6.45) is 0. The Balaban J connectivity index is 3.28. The van der Waals surface area contributed by atoms with Crippen LogP contribution < -0.4 is 5.73 Å². The average molecular weight is 361 g/mol. The molecule has 0 aliphatic rings. The van der Waals surface area contributed by atoms with Crippen molar-refractivity contribution in [3.05, 3.63) is 26.6 Å². The van der Waals surface area contributed by atoms with Crippen molar-refractivity contribution < 1.29 is 19.0 Å². The second-order valence-electron chi connectivity index (χ2n) is 3.19. The molecule has 1 rings (SSSR count). The van der Waals surface area contributed by atoms with Crippen LogP contribution in [0, 0.1) is 0 Å². The van der Waals surface area contributed by atoms with E-state index in [9.17, 15) is 13.9 Å². The van der Waals surface area contributed by atoms with Gasteiger partial charge in [-0.15, -0.1) is 0 Å². The van der Waals surface area contributed by atoms with Gasteiger partial charge in [-0.2, -0.15) is 0 Å². The third kappa shape index (κ3) is 2.53. The third-order valence-corrected chi connectivity index (χ3v) is 3.42. The maximum Gasteiger partial charge on any atom is 0.289 e. The standard InChI is InChI=1S/C9H9Br2F2NO2/c10-4-1-2-5(11)7(16)6(4)8(14)9(12,13)3-15/h1-2,8,15-16H,3,14H2/t8-/m1/s1. The maximum atomic E-state index is 13.2. The van der Waals surface area contributed by atoms with E-state index in [0.29, 0.717) is 0 Å². The monoisotopic (exact) mass is 359 g/mol. The number of rotatable bonds is 3. The predicted molar refractivity (Wildman–Crippen MR) is 62.5 cm³/mol. The molecular formula is C9H9Br2F2NO2. The Kier molecular flexibility index (Phi) is 4.28. The highest BCUT2D eigenvalue weighted by molar-refractivity contribution is 9.11. The highest BCUT2D eigenvalue weighted by Gasteiger charge is 2.40. The lowest BCUT2D eigenvalue weighted by atomic mass is 10.0. The Morgan fingerprint density at radius 1 is 1.31 bits per heavy atom. The van der Waals surface area contributed by atoms with Gasteiger partial charge in [0.05, 0.1) is 4.47 Å². The Bertz CT molecular complexity index is 401. The molecule has 3 nitrogen and oxygen atoms in total. The molecule has 90 valence electrons. The van der Waals surface area contributed by atoms with E-state index in [4.69, 9.17) is 10.8 Å². The molecule has 0 radical (unpaired) electrons. The fourth-order valence-corrected chi connectivity index (χ4v) is 2.07. The van der Waals surface area contributed by atoms with Gasteiger partial charge < -0.3 is 15.9 Å². The van der Waals surface area contributed by atoms with Crippen molar-refractivity contribution in [1.29, 1.82) is 0 Å². The molecule has 0 aliphatic heterocycles. The fourth-order valence-electron chi connectivity index (χ4n) is 1.16. The lowest BCUT2D eigenvalue weighted by Gasteiger charge is -2.23. The quantitative estimate of drug-likeness (QED) is 0.776. The van der Waals surface area contributed by atoms with Crippen molar-refractivity contribution in [3.8, 4) is 5.75 Å². The Morgan fingerprint density at radius 3 is 2.31 bits per heavy atom. The van der Waals surface area contributed by atoms with Gasteiger partial charge >= 0.3 is 0 Å². The van der Waals surface area contributed by atoms with E-state index in [1.807, 2.05) is 0 Å². The SMILES string of the molecule is N[C@H](c1c(Br)ccc(Br)c1O)C(F)(F)CO. The maximum absolute atomic E-state index is 13.2. The number of hydrogen-bond acceptors (Lipinski definition) is 3. The highest BCUT2D eigenvalue weighted by atomic mass is 79.9. The second kappa shape index (κ2) is 4.95. The van der Waals surface area contributed by atoms with E-state index in [1.54, 1.807) is 0 Å².